The molecule has 4 nitrogen and oxygen atoms in total. The Morgan fingerprint density at radius 3 is 2.68 bits per heavy atom. The average molecular weight is 285 g/mol. The molecular formula is C14H23NO3S. The van der Waals surface area contributed by atoms with Gasteiger partial charge in [0, 0.05) is 19.5 Å². The minimum Gasteiger partial charge on any atom is -0.481 e. The summed E-state index contributed by atoms with van der Waals surface area (Å²) in [6.07, 6.45) is 4.33. The summed E-state index contributed by atoms with van der Waals surface area (Å²) in [6.45, 7) is 2.86. The van der Waals surface area contributed by atoms with Gasteiger partial charge in [-0.15, -0.1) is 0 Å². The Kier molecular flexibility index (Phi) is 4.76. The lowest BCUT2D eigenvalue weighted by molar-refractivity contribution is -0.153. The minimum atomic E-state index is -0.779. The lowest BCUT2D eigenvalue weighted by atomic mass is 9.81. The normalized spacial score (nSPS) is 29.2. The van der Waals surface area contributed by atoms with Gasteiger partial charge in [0.25, 0.3) is 0 Å². The van der Waals surface area contributed by atoms with Gasteiger partial charge in [0.05, 0.1) is 5.41 Å². The number of carboxylic acid groups (broad SMARTS) is 1. The quantitative estimate of drug-likeness (QED) is 0.864. The molecule has 2 saturated heterocycles. The molecule has 0 saturated carbocycles. The van der Waals surface area contributed by atoms with Crippen molar-refractivity contribution in [2.45, 2.75) is 39.0 Å². The Morgan fingerprint density at radius 1 is 1.37 bits per heavy atom. The molecule has 2 heterocycles. The standard InChI is InChI=1S/C14H23NO3S/c1-14(13(17)18)5-2-6-15(10-14)12(16)9-11-3-7-19-8-4-11/h11H,2-10H2,1H3,(H,17,18). The fourth-order valence-electron chi connectivity index (χ4n) is 2.95. The van der Waals surface area contributed by atoms with Gasteiger partial charge in [0.2, 0.25) is 5.91 Å². The maximum absolute atomic E-state index is 12.3. The van der Waals surface area contributed by atoms with E-state index in [9.17, 15) is 14.7 Å². The molecule has 2 aliphatic rings. The largest absolute Gasteiger partial charge is 0.481 e. The van der Waals surface area contributed by atoms with Crippen LogP contribution < -0.4 is 0 Å². The number of rotatable bonds is 3. The van der Waals surface area contributed by atoms with Gasteiger partial charge in [-0.1, -0.05) is 0 Å². The number of hydrogen-bond acceptors (Lipinski definition) is 3. The Labute approximate surface area is 118 Å². The molecular weight excluding hydrogens is 262 g/mol. The molecule has 0 bridgehead atoms. The van der Waals surface area contributed by atoms with E-state index in [1.54, 1.807) is 11.8 Å². The van der Waals surface area contributed by atoms with Gasteiger partial charge >= 0.3 is 5.97 Å². The van der Waals surface area contributed by atoms with Crippen molar-refractivity contribution in [3.63, 3.8) is 0 Å². The Hall–Kier alpha value is -0.710. The number of carbonyl (C=O) groups excluding carboxylic acids is 1. The molecule has 1 atom stereocenters. The first-order valence-corrected chi connectivity index (χ1v) is 8.26. The smallest absolute Gasteiger partial charge is 0.311 e. The van der Waals surface area contributed by atoms with E-state index < -0.39 is 11.4 Å². The highest BCUT2D eigenvalue weighted by Gasteiger charge is 2.39. The Bertz CT molecular complexity index is 355. The summed E-state index contributed by atoms with van der Waals surface area (Å²) >= 11 is 1.96. The highest BCUT2D eigenvalue weighted by molar-refractivity contribution is 7.99. The van der Waals surface area contributed by atoms with E-state index in [1.165, 1.54) is 0 Å². The van der Waals surface area contributed by atoms with Crippen LogP contribution >= 0.6 is 11.8 Å². The van der Waals surface area contributed by atoms with Gasteiger partial charge < -0.3 is 10.0 Å². The van der Waals surface area contributed by atoms with Crippen LogP contribution in [-0.4, -0.2) is 46.5 Å². The van der Waals surface area contributed by atoms with Gasteiger partial charge in [-0.05, 0) is 50.0 Å². The maximum Gasteiger partial charge on any atom is 0.311 e. The predicted octanol–water partition coefficient (Wildman–Crippen LogP) is 2.23. The van der Waals surface area contributed by atoms with Crippen LogP contribution in [0.15, 0.2) is 0 Å². The van der Waals surface area contributed by atoms with Gasteiger partial charge in [0.15, 0.2) is 0 Å². The van der Waals surface area contributed by atoms with E-state index in [4.69, 9.17) is 0 Å². The second-order valence-electron chi connectivity index (χ2n) is 6.04. The lowest BCUT2D eigenvalue weighted by Crippen LogP contribution is -2.48. The van der Waals surface area contributed by atoms with Crippen molar-refractivity contribution in [3.05, 3.63) is 0 Å². The van der Waals surface area contributed by atoms with Crippen molar-refractivity contribution in [2.24, 2.45) is 11.3 Å². The average Bonchev–Trinajstić information content (AvgIpc) is 2.40. The summed E-state index contributed by atoms with van der Waals surface area (Å²) in [6, 6.07) is 0. The first-order chi connectivity index (χ1) is 9.01. The van der Waals surface area contributed by atoms with Crippen LogP contribution in [-0.2, 0) is 9.59 Å². The van der Waals surface area contributed by atoms with Crippen molar-refractivity contribution in [3.8, 4) is 0 Å². The third-order valence-electron chi connectivity index (χ3n) is 4.37. The molecule has 0 aliphatic carbocycles. The number of amides is 1. The number of nitrogens with zero attached hydrogens (tertiary/aromatic N) is 1. The van der Waals surface area contributed by atoms with E-state index >= 15 is 0 Å². The zero-order chi connectivity index (χ0) is 13.9. The molecule has 1 amide bonds. The maximum atomic E-state index is 12.3. The molecule has 0 aromatic heterocycles. The van der Waals surface area contributed by atoms with Crippen molar-refractivity contribution in [1.82, 2.24) is 4.90 Å². The summed E-state index contributed by atoms with van der Waals surface area (Å²) in [5.41, 5.74) is -0.754. The molecule has 0 radical (unpaired) electrons. The SMILES string of the molecule is CC1(C(=O)O)CCCN(C(=O)CC2CCSCC2)C1. The van der Waals surface area contributed by atoms with E-state index in [2.05, 4.69) is 0 Å². The van der Waals surface area contributed by atoms with Gasteiger partial charge in [-0.3, -0.25) is 9.59 Å². The van der Waals surface area contributed by atoms with Crippen LogP contribution in [0.25, 0.3) is 0 Å². The van der Waals surface area contributed by atoms with Crippen LogP contribution in [0.4, 0.5) is 0 Å². The van der Waals surface area contributed by atoms with E-state index in [-0.39, 0.29) is 5.91 Å². The predicted molar refractivity (Wildman–Crippen MR) is 76.2 cm³/mol. The Morgan fingerprint density at radius 2 is 2.05 bits per heavy atom. The van der Waals surface area contributed by atoms with Gasteiger partial charge in [0.1, 0.15) is 0 Å². The highest BCUT2D eigenvalue weighted by atomic mass is 32.2. The van der Waals surface area contributed by atoms with Crippen molar-refractivity contribution >= 4 is 23.6 Å². The third-order valence-corrected chi connectivity index (χ3v) is 5.42. The molecule has 0 aromatic rings. The number of hydrogen-bond donors (Lipinski definition) is 1. The zero-order valence-electron chi connectivity index (χ0n) is 11.6. The van der Waals surface area contributed by atoms with Crippen LogP contribution in [0.5, 0.6) is 0 Å². The zero-order valence-corrected chi connectivity index (χ0v) is 12.4. The van der Waals surface area contributed by atoms with Crippen LogP contribution in [0.1, 0.15) is 39.0 Å². The number of aliphatic carboxylic acids is 1. The molecule has 1 unspecified atom stereocenters. The third kappa shape index (κ3) is 3.65. The summed E-state index contributed by atoms with van der Waals surface area (Å²) in [5.74, 6) is 2.20. The second kappa shape index (κ2) is 6.16. The van der Waals surface area contributed by atoms with Crippen LogP contribution in [0.3, 0.4) is 0 Å². The van der Waals surface area contributed by atoms with E-state index in [1.807, 2.05) is 11.8 Å². The number of carbonyl (C=O) groups is 2. The Balaban J connectivity index is 1.89. The molecule has 108 valence electrons. The van der Waals surface area contributed by atoms with E-state index in [0.29, 0.717) is 25.3 Å². The lowest BCUT2D eigenvalue weighted by Gasteiger charge is -2.38. The van der Waals surface area contributed by atoms with Gasteiger partial charge in [-0.2, -0.15) is 11.8 Å². The highest BCUT2D eigenvalue weighted by Crippen LogP contribution is 2.31. The molecule has 19 heavy (non-hydrogen) atoms. The molecule has 5 heteroatoms. The summed E-state index contributed by atoms with van der Waals surface area (Å²) in [7, 11) is 0. The fraction of sp³-hybridized carbons (Fsp3) is 0.857. The van der Waals surface area contributed by atoms with Crippen molar-refractivity contribution in [2.75, 3.05) is 24.6 Å². The second-order valence-corrected chi connectivity index (χ2v) is 7.27. The minimum absolute atomic E-state index is 0.157. The molecule has 2 aliphatic heterocycles. The number of piperidine rings is 1. The monoisotopic (exact) mass is 285 g/mol. The van der Waals surface area contributed by atoms with Crippen molar-refractivity contribution in [1.29, 1.82) is 0 Å². The summed E-state index contributed by atoms with van der Waals surface area (Å²) < 4.78 is 0. The summed E-state index contributed by atoms with van der Waals surface area (Å²) in [4.78, 5) is 25.4. The first kappa shape index (κ1) is 14.7. The van der Waals surface area contributed by atoms with E-state index in [0.717, 1.165) is 37.3 Å². The molecule has 2 fully saturated rings. The van der Waals surface area contributed by atoms with Crippen LogP contribution in [0.2, 0.25) is 0 Å². The van der Waals surface area contributed by atoms with Crippen LogP contribution in [0, 0.1) is 11.3 Å². The first-order valence-electron chi connectivity index (χ1n) is 7.10. The molecule has 2 rings (SSSR count). The summed E-state index contributed by atoms with van der Waals surface area (Å²) in [5, 5.41) is 9.28. The molecule has 0 aromatic carbocycles. The fourth-order valence-corrected chi connectivity index (χ4v) is 4.16. The molecule has 1 N–H and O–H groups in total. The molecule has 0 spiro atoms. The van der Waals surface area contributed by atoms with Crippen molar-refractivity contribution < 1.29 is 14.7 Å². The topological polar surface area (TPSA) is 57.6 Å². The number of carboxylic acids is 1. The van der Waals surface area contributed by atoms with Gasteiger partial charge in [-0.25, -0.2) is 0 Å². The number of likely N-dealkylation sites (tertiary alicyclic amines) is 1. The number of thioether (sulfide) groups is 1.